The van der Waals surface area contributed by atoms with Gasteiger partial charge in [-0.1, -0.05) is 19.4 Å². The van der Waals surface area contributed by atoms with Gasteiger partial charge in [-0.15, -0.1) is 11.8 Å². The molecular weight excluding hydrogens is 448 g/mol. The highest BCUT2D eigenvalue weighted by molar-refractivity contribution is 8.00. The average molecular weight is 479 g/mol. The molecule has 2 amide bonds. The molecule has 2 N–H and O–H groups in total. The molecule has 6 nitrogen and oxygen atoms in total. The van der Waals surface area contributed by atoms with Gasteiger partial charge in [-0.2, -0.15) is 0 Å². The summed E-state index contributed by atoms with van der Waals surface area (Å²) >= 11 is 1.43. The molecule has 1 unspecified atom stereocenters. The van der Waals surface area contributed by atoms with Crippen LogP contribution in [0.15, 0.2) is 77.7 Å². The summed E-state index contributed by atoms with van der Waals surface area (Å²) in [6.07, 6.45) is 2.10. The first kappa shape index (κ1) is 25.2. The third-order valence-electron chi connectivity index (χ3n) is 5.01. The second-order valence-electron chi connectivity index (χ2n) is 7.69. The summed E-state index contributed by atoms with van der Waals surface area (Å²) in [6, 6.07) is 21.8. The smallest absolute Gasteiger partial charge is 0.255 e. The van der Waals surface area contributed by atoms with E-state index in [0.29, 0.717) is 23.6 Å². The highest BCUT2D eigenvalue weighted by atomic mass is 32.2. The molecule has 0 bridgehead atoms. The minimum atomic E-state index is -0.326. The first-order valence-corrected chi connectivity index (χ1v) is 12.1. The molecule has 3 aromatic rings. The van der Waals surface area contributed by atoms with Crippen molar-refractivity contribution in [2.24, 2.45) is 0 Å². The molecule has 0 aliphatic heterocycles. The number of benzene rings is 3. The molecule has 1 atom stereocenters. The van der Waals surface area contributed by atoms with Crippen molar-refractivity contribution >= 4 is 35.0 Å². The average Bonchev–Trinajstić information content (AvgIpc) is 2.85. The van der Waals surface area contributed by atoms with Gasteiger partial charge >= 0.3 is 0 Å². The molecule has 0 spiro atoms. The Balaban J connectivity index is 1.54. The zero-order valence-corrected chi connectivity index (χ0v) is 20.5. The number of thioether (sulfide) groups is 1. The van der Waals surface area contributed by atoms with Gasteiger partial charge in [-0.25, -0.2) is 0 Å². The summed E-state index contributed by atoms with van der Waals surface area (Å²) < 4.78 is 10.8. The summed E-state index contributed by atoms with van der Waals surface area (Å²) in [5.41, 5.74) is 1.92. The van der Waals surface area contributed by atoms with E-state index in [-0.39, 0.29) is 17.1 Å². The van der Waals surface area contributed by atoms with E-state index >= 15 is 0 Å². The summed E-state index contributed by atoms with van der Waals surface area (Å²) in [4.78, 5) is 26.1. The van der Waals surface area contributed by atoms with Crippen molar-refractivity contribution in [1.82, 2.24) is 0 Å². The van der Waals surface area contributed by atoms with Crippen molar-refractivity contribution in [2.45, 2.75) is 36.8 Å². The molecular formula is C27H30N2O4S. The van der Waals surface area contributed by atoms with E-state index in [4.69, 9.17) is 9.47 Å². The van der Waals surface area contributed by atoms with Gasteiger partial charge < -0.3 is 20.1 Å². The number of hydrogen-bond acceptors (Lipinski definition) is 5. The molecule has 0 fully saturated rings. The number of unbranched alkanes of at least 4 members (excludes halogenated alkanes) is 1. The first-order chi connectivity index (χ1) is 16.5. The second-order valence-corrected chi connectivity index (χ2v) is 9.10. The van der Waals surface area contributed by atoms with Crippen LogP contribution in [0.5, 0.6) is 11.5 Å². The minimum absolute atomic E-state index is 0.0997. The van der Waals surface area contributed by atoms with E-state index in [2.05, 4.69) is 17.6 Å². The zero-order valence-electron chi connectivity index (χ0n) is 19.7. The maximum atomic E-state index is 12.7. The van der Waals surface area contributed by atoms with E-state index in [0.717, 1.165) is 29.2 Å². The lowest BCUT2D eigenvalue weighted by atomic mass is 10.2. The Morgan fingerprint density at radius 2 is 1.62 bits per heavy atom. The van der Waals surface area contributed by atoms with Crippen LogP contribution in [0, 0.1) is 0 Å². The lowest BCUT2D eigenvalue weighted by Gasteiger charge is -2.13. The van der Waals surface area contributed by atoms with Crippen molar-refractivity contribution < 1.29 is 19.1 Å². The lowest BCUT2D eigenvalue weighted by molar-refractivity contribution is -0.115. The Morgan fingerprint density at radius 3 is 2.29 bits per heavy atom. The van der Waals surface area contributed by atoms with Gasteiger partial charge in [-0.05, 0) is 80.1 Å². The SMILES string of the molecule is CCCCOc1ccc(NC(=O)C(C)Sc2cccc(NC(=O)c3ccc(OC)cc3)c2)cc1. The standard InChI is InChI=1S/C27H30N2O4S/c1-4-5-17-33-24-15-11-21(12-16-24)28-26(30)19(2)34-25-8-6-7-22(18-25)29-27(31)20-9-13-23(32-3)14-10-20/h6-16,18-19H,4-5,17H2,1-3H3,(H,28,30)(H,29,31). The van der Waals surface area contributed by atoms with Crippen LogP contribution in [0.25, 0.3) is 0 Å². The fourth-order valence-corrected chi connectivity index (χ4v) is 3.99. The summed E-state index contributed by atoms with van der Waals surface area (Å²) in [5, 5.41) is 5.51. The molecule has 0 aliphatic carbocycles. The van der Waals surface area contributed by atoms with Crippen LogP contribution in [0.4, 0.5) is 11.4 Å². The van der Waals surface area contributed by atoms with Gasteiger partial charge in [0.25, 0.3) is 5.91 Å². The Labute approximate surface area is 205 Å². The van der Waals surface area contributed by atoms with Gasteiger partial charge in [0.05, 0.1) is 19.0 Å². The molecule has 3 rings (SSSR count). The number of rotatable bonds is 11. The van der Waals surface area contributed by atoms with Gasteiger partial charge in [0.15, 0.2) is 0 Å². The summed E-state index contributed by atoms with van der Waals surface area (Å²) in [6.45, 7) is 4.66. The molecule has 3 aromatic carbocycles. The molecule has 7 heteroatoms. The van der Waals surface area contributed by atoms with Crippen molar-refractivity contribution in [3.05, 3.63) is 78.4 Å². The van der Waals surface area contributed by atoms with Crippen LogP contribution in [-0.4, -0.2) is 30.8 Å². The number of hydrogen-bond donors (Lipinski definition) is 2. The highest BCUT2D eigenvalue weighted by Gasteiger charge is 2.15. The molecule has 0 saturated carbocycles. The molecule has 34 heavy (non-hydrogen) atoms. The van der Waals surface area contributed by atoms with Crippen molar-refractivity contribution in [2.75, 3.05) is 24.4 Å². The summed E-state index contributed by atoms with van der Waals surface area (Å²) in [5.74, 6) is 1.18. The number of carbonyl (C=O) groups is 2. The molecule has 178 valence electrons. The molecule has 0 aromatic heterocycles. The minimum Gasteiger partial charge on any atom is -0.497 e. The van der Waals surface area contributed by atoms with E-state index < -0.39 is 0 Å². The van der Waals surface area contributed by atoms with Crippen LogP contribution in [0.1, 0.15) is 37.0 Å². The third kappa shape index (κ3) is 7.56. The number of carbonyl (C=O) groups excluding carboxylic acids is 2. The Bertz CT molecular complexity index is 1080. The maximum absolute atomic E-state index is 12.7. The Hall–Kier alpha value is -3.45. The van der Waals surface area contributed by atoms with E-state index in [1.807, 2.05) is 55.5 Å². The number of nitrogens with one attached hydrogen (secondary N) is 2. The normalized spacial score (nSPS) is 11.4. The number of ether oxygens (including phenoxy) is 2. The van der Waals surface area contributed by atoms with Crippen molar-refractivity contribution in [3.8, 4) is 11.5 Å². The predicted octanol–water partition coefficient (Wildman–Crippen LogP) is 6.25. The largest absolute Gasteiger partial charge is 0.497 e. The van der Waals surface area contributed by atoms with Gasteiger partial charge in [0.1, 0.15) is 11.5 Å². The van der Waals surface area contributed by atoms with E-state index in [1.165, 1.54) is 11.8 Å². The highest BCUT2D eigenvalue weighted by Crippen LogP contribution is 2.27. The monoisotopic (exact) mass is 478 g/mol. The van der Waals surface area contributed by atoms with Crippen LogP contribution in [-0.2, 0) is 4.79 Å². The number of anilines is 2. The van der Waals surface area contributed by atoms with E-state index in [1.54, 1.807) is 31.4 Å². The zero-order chi connectivity index (χ0) is 24.3. The van der Waals surface area contributed by atoms with E-state index in [9.17, 15) is 9.59 Å². The van der Waals surface area contributed by atoms with Crippen LogP contribution in [0.3, 0.4) is 0 Å². The van der Waals surface area contributed by atoms with Crippen LogP contribution < -0.4 is 20.1 Å². The lowest BCUT2D eigenvalue weighted by Crippen LogP contribution is -2.22. The van der Waals surface area contributed by atoms with Gasteiger partial charge in [0.2, 0.25) is 5.91 Å². The molecule has 0 aliphatic rings. The predicted molar refractivity (Wildman–Crippen MR) is 138 cm³/mol. The third-order valence-corrected chi connectivity index (χ3v) is 6.11. The van der Waals surface area contributed by atoms with Gasteiger partial charge in [-0.3, -0.25) is 9.59 Å². The second kappa shape index (κ2) is 12.7. The molecule has 0 radical (unpaired) electrons. The maximum Gasteiger partial charge on any atom is 0.255 e. The fraction of sp³-hybridized carbons (Fsp3) is 0.259. The molecule has 0 heterocycles. The van der Waals surface area contributed by atoms with Crippen LogP contribution >= 0.6 is 11.8 Å². The van der Waals surface area contributed by atoms with Crippen molar-refractivity contribution in [3.63, 3.8) is 0 Å². The quantitative estimate of drug-likeness (QED) is 0.252. The fourth-order valence-electron chi connectivity index (χ4n) is 3.06. The van der Waals surface area contributed by atoms with Crippen LogP contribution in [0.2, 0.25) is 0 Å². The number of methoxy groups -OCH3 is 1. The molecule has 0 saturated heterocycles. The topological polar surface area (TPSA) is 76.7 Å². The Kier molecular flexibility index (Phi) is 9.40. The number of amides is 2. The summed E-state index contributed by atoms with van der Waals surface area (Å²) in [7, 11) is 1.58. The van der Waals surface area contributed by atoms with Crippen molar-refractivity contribution in [1.29, 1.82) is 0 Å². The first-order valence-electron chi connectivity index (χ1n) is 11.2. The van der Waals surface area contributed by atoms with Gasteiger partial charge in [0, 0.05) is 21.8 Å². The Morgan fingerprint density at radius 1 is 0.912 bits per heavy atom.